The number of carbonyl (C=O) groups is 1. The van der Waals surface area contributed by atoms with Gasteiger partial charge in [-0.25, -0.2) is 8.42 Å². The zero-order valence-corrected chi connectivity index (χ0v) is 16.7. The highest BCUT2D eigenvalue weighted by molar-refractivity contribution is 7.89. The van der Waals surface area contributed by atoms with Crippen LogP contribution in [0.2, 0.25) is 5.02 Å². The number of hydrogen-bond donors (Lipinski definition) is 1. The van der Waals surface area contributed by atoms with Crippen molar-refractivity contribution in [3.05, 3.63) is 29.3 Å². The number of amides is 1. The number of benzene rings is 1. The van der Waals surface area contributed by atoms with Crippen LogP contribution in [0, 0.1) is 5.92 Å². The summed E-state index contributed by atoms with van der Waals surface area (Å²) in [6.45, 7) is 6.43. The van der Waals surface area contributed by atoms with Gasteiger partial charge in [0.25, 0.3) is 5.91 Å². The zero-order chi connectivity index (χ0) is 18.7. The molecular weight excluding hydrogens is 374 g/mol. The number of sulfonamides is 1. The van der Waals surface area contributed by atoms with Gasteiger partial charge in [0.15, 0.2) is 6.54 Å². The van der Waals surface area contributed by atoms with Gasteiger partial charge in [-0.1, -0.05) is 30.7 Å². The van der Waals surface area contributed by atoms with Crippen molar-refractivity contribution in [2.45, 2.75) is 24.7 Å². The van der Waals surface area contributed by atoms with Gasteiger partial charge >= 0.3 is 0 Å². The highest BCUT2D eigenvalue weighted by atomic mass is 35.5. The number of quaternary nitrogens is 1. The van der Waals surface area contributed by atoms with E-state index in [9.17, 15) is 13.2 Å². The number of halogens is 1. The second kappa shape index (κ2) is 8.25. The maximum atomic E-state index is 12.8. The van der Waals surface area contributed by atoms with E-state index >= 15 is 0 Å². The molecule has 3 rings (SSSR count). The normalized spacial score (nSPS) is 23.2. The molecule has 8 heteroatoms. The van der Waals surface area contributed by atoms with Crippen LogP contribution < -0.4 is 4.90 Å². The fourth-order valence-electron chi connectivity index (χ4n) is 3.75. The van der Waals surface area contributed by atoms with Gasteiger partial charge in [-0.3, -0.25) is 4.79 Å². The molecule has 2 heterocycles. The quantitative estimate of drug-likeness (QED) is 0.800. The Morgan fingerprint density at radius 3 is 2.58 bits per heavy atom. The number of nitrogens with one attached hydrogen (secondary N) is 1. The maximum absolute atomic E-state index is 12.8. The number of likely N-dealkylation sites (tertiary alicyclic amines) is 1. The minimum atomic E-state index is -3.58. The molecular formula is C18H27ClN3O3S+. The second-order valence-corrected chi connectivity index (χ2v) is 9.66. The Bertz CT molecular complexity index is 748. The number of rotatable bonds is 4. The molecule has 2 aliphatic rings. The third kappa shape index (κ3) is 4.39. The van der Waals surface area contributed by atoms with E-state index in [1.807, 2.05) is 4.90 Å². The lowest BCUT2D eigenvalue weighted by molar-refractivity contribution is -0.896. The maximum Gasteiger partial charge on any atom is 0.277 e. The molecule has 144 valence electrons. The summed E-state index contributed by atoms with van der Waals surface area (Å²) in [4.78, 5) is 15.8. The van der Waals surface area contributed by atoms with Gasteiger partial charge < -0.3 is 9.80 Å². The Labute approximate surface area is 160 Å². The first-order valence-corrected chi connectivity index (χ1v) is 11.1. The summed E-state index contributed by atoms with van der Waals surface area (Å²) in [5, 5.41) is 0.247. The molecule has 1 atom stereocenters. The van der Waals surface area contributed by atoms with Crippen molar-refractivity contribution in [3.8, 4) is 0 Å². The monoisotopic (exact) mass is 400 g/mol. The molecule has 6 nitrogen and oxygen atoms in total. The minimum Gasteiger partial charge on any atom is -0.338 e. The van der Waals surface area contributed by atoms with Crippen molar-refractivity contribution in [1.29, 1.82) is 0 Å². The summed E-state index contributed by atoms with van der Waals surface area (Å²) in [6, 6.07) is 6.53. The summed E-state index contributed by atoms with van der Waals surface area (Å²) in [7, 11) is -3.58. The number of carbonyl (C=O) groups excluding carboxylic acids is 1. The number of hydrogen-bond acceptors (Lipinski definition) is 3. The first-order valence-electron chi connectivity index (χ1n) is 9.24. The average Bonchev–Trinajstić information content (AvgIpc) is 2.62. The molecule has 0 unspecified atom stereocenters. The fraction of sp³-hybridized carbons (Fsp3) is 0.611. The van der Waals surface area contributed by atoms with E-state index < -0.39 is 10.0 Å². The van der Waals surface area contributed by atoms with Crippen molar-refractivity contribution in [3.63, 3.8) is 0 Å². The van der Waals surface area contributed by atoms with Crippen LogP contribution >= 0.6 is 11.6 Å². The molecule has 2 fully saturated rings. The van der Waals surface area contributed by atoms with Crippen LogP contribution in [0.1, 0.15) is 19.8 Å². The van der Waals surface area contributed by atoms with E-state index in [0.717, 1.165) is 24.4 Å². The van der Waals surface area contributed by atoms with Crippen LogP contribution in [0.25, 0.3) is 0 Å². The van der Waals surface area contributed by atoms with Crippen LogP contribution in [0.15, 0.2) is 29.2 Å². The van der Waals surface area contributed by atoms with E-state index in [1.54, 1.807) is 18.2 Å². The lowest BCUT2D eigenvalue weighted by Gasteiger charge is -2.34. The zero-order valence-electron chi connectivity index (χ0n) is 15.2. The Hall–Kier alpha value is -1.15. The highest BCUT2D eigenvalue weighted by Crippen LogP contribution is 2.24. The predicted octanol–water partition coefficient (Wildman–Crippen LogP) is 0.488. The van der Waals surface area contributed by atoms with Gasteiger partial charge in [-0.15, -0.1) is 0 Å². The molecule has 2 aliphatic heterocycles. The summed E-state index contributed by atoms with van der Waals surface area (Å²) in [6.07, 6.45) is 2.27. The summed E-state index contributed by atoms with van der Waals surface area (Å²) >= 11 is 6.06. The largest absolute Gasteiger partial charge is 0.338 e. The van der Waals surface area contributed by atoms with Crippen molar-refractivity contribution >= 4 is 27.5 Å². The Balaban J connectivity index is 1.56. The van der Waals surface area contributed by atoms with Gasteiger partial charge in [-0.05, 0) is 30.9 Å². The van der Waals surface area contributed by atoms with Gasteiger partial charge in [0.2, 0.25) is 10.0 Å². The first-order chi connectivity index (χ1) is 12.4. The molecule has 0 spiro atoms. The number of nitrogens with zero attached hydrogens (tertiary/aromatic N) is 2. The summed E-state index contributed by atoms with van der Waals surface area (Å²) < 4.78 is 27.0. The lowest BCUT2D eigenvalue weighted by Crippen LogP contribution is -3.15. The van der Waals surface area contributed by atoms with Gasteiger partial charge in [0, 0.05) is 13.1 Å². The topological polar surface area (TPSA) is 62.1 Å². The van der Waals surface area contributed by atoms with Crippen molar-refractivity contribution < 1.29 is 18.1 Å². The van der Waals surface area contributed by atoms with E-state index in [1.165, 1.54) is 16.8 Å². The van der Waals surface area contributed by atoms with Crippen molar-refractivity contribution in [2.24, 2.45) is 5.92 Å². The minimum absolute atomic E-state index is 0.156. The molecule has 1 aromatic rings. The van der Waals surface area contributed by atoms with E-state index in [0.29, 0.717) is 38.6 Å². The molecule has 1 amide bonds. The van der Waals surface area contributed by atoms with Gasteiger partial charge in [0.1, 0.15) is 4.90 Å². The second-order valence-electron chi connectivity index (χ2n) is 7.35. The van der Waals surface area contributed by atoms with Crippen molar-refractivity contribution in [2.75, 3.05) is 45.8 Å². The van der Waals surface area contributed by atoms with Crippen LogP contribution in [0.3, 0.4) is 0 Å². The molecule has 1 N–H and O–H groups in total. The molecule has 0 bridgehead atoms. The van der Waals surface area contributed by atoms with E-state index in [2.05, 4.69) is 6.92 Å². The van der Waals surface area contributed by atoms with E-state index in [4.69, 9.17) is 11.6 Å². The molecule has 0 aromatic heterocycles. The lowest BCUT2D eigenvalue weighted by atomic mass is 10.0. The smallest absolute Gasteiger partial charge is 0.277 e. The van der Waals surface area contributed by atoms with Gasteiger partial charge in [0.05, 0.1) is 31.2 Å². The summed E-state index contributed by atoms with van der Waals surface area (Å²) in [5.41, 5.74) is 0. The average molecular weight is 401 g/mol. The molecule has 2 saturated heterocycles. The fourth-order valence-corrected chi connectivity index (χ4v) is 5.69. The SMILES string of the molecule is C[C@H]1CCCN(C(=O)C[NH+]2CCN(S(=O)(=O)c3ccccc3Cl)CC2)C1. The third-order valence-corrected chi connectivity index (χ3v) is 7.69. The molecule has 0 aliphatic carbocycles. The first kappa shape index (κ1) is 19.6. The van der Waals surface area contributed by atoms with Gasteiger partial charge in [-0.2, -0.15) is 4.31 Å². The molecule has 0 radical (unpaired) electrons. The molecule has 26 heavy (non-hydrogen) atoms. The molecule has 0 saturated carbocycles. The standard InChI is InChI=1S/C18H26ClN3O3S/c1-15-5-4-8-21(13-15)18(23)14-20-9-11-22(12-10-20)26(24,25)17-7-3-2-6-16(17)19/h2-3,6-7,15H,4-5,8-14H2,1H3/p+1/t15-/m0/s1. The Kier molecular flexibility index (Phi) is 6.22. The van der Waals surface area contributed by atoms with Crippen LogP contribution in [-0.4, -0.2) is 69.3 Å². The Morgan fingerprint density at radius 2 is 1.92 bits per heavy atom. The van der Waals surface area contributed by atoms with Crippen LogP contribution in [0.4, 0.5) is 0 Å². The van der Waals surface area contributed by atoms with E-state index in [-0.39, 0.29) is 15.8 Å². The van der Waals surface area contributed by atoms with Crippen molar-refractivity contribution in [1.82, 2.24) is 9.21 Å². The summed E-state index contributed by atoms with van der Waals surface area (Å²) in [5.74, 6) is 0.759. The number of piperazine rings is 1. The van der Waals surface area contributed by atoms with Crippen LogP contribution in [0.5, 0.6) is 0 Å². The Morgan fingerprint density at radius 1 is 1.23 bits per heavy atom. The molecule has 1 aromatic carbocycles. The highest BCUT2D eigenvalue weighted by Gasteiger charge is 2.33. The predicted molar refractivity (Wildman–Crippen MR) is 101 cm³/mol. The number of piperidine rings is 1. The third-order valence-electron chi connectivity index (χ3n) is 5.29. The van der Waals surface area contributed by atoms with Crippen LogP contribution in [-0.2, 0) is 14.8 Å².